The highest BCUT2D eigenvalue weighted by Gasteiger charge is 2.33. The van der Waals surface area contributed by atoms with E-state index in [-0.39, 0.29) is 11.2 Å². The first kappa shape index (κ1) is 26.9. The fourth-order valence-corrected chi connectivity index (χ4v) is 7.08. The second kappa shape index (κ2) is 10.2. The normalized spacial score (nSPS) is 13.3. The van der Waals surface area contributed by atoms with E-state index in [0.29, 0.717) is 11.3 Å². The number of para-hydroxylation sites is 1. The number of nitrogens with zero attached hydrogens (tertiary/aromatic N) is 2. The van der Waals surface area contributed by atoms with Gasteiger partial charge in [-0.2, -0.15) is 5.26 Å². The third-order valence-electron chi connectivity index (χ3n) is 9.31. The van der Waals surface area contributed by atoms with Crippen LogP contribution in [0.15, 0.2) is 127 Å². The zero-order chi connectivity index (χ0) is 30.7. The summed E-state index contributed by atoms with van der Waals surface area (Å²) in [7, 11) is 0. The number of hydrogen-bond acceptors (Lipinski definition) is 2. The van der Waals surface area contributed by atoms with Crippen LogP contribution in [0.1, 0.15) is 41.7 Å². The summed E-state index contributed by atoms with van der Waals surface area (Å²) in [6.45, 7) is 4.65. The second-order valence-corrected chi connectivity index (χ2v) is 12.3. The molecular weight excluding hydrogens is 551 g/mol. The molecule has 0 aromatic heterocycles. The molecule has 0 bridgehead atoms. The van der Waals surface area contributed by atoms with E-state index >= 15 is 4.39 Å². The Morgan fingerprint density at radius 3 is 2.18 bits per heavy atom. The number of benzene rings is 7. The molecule has 0 saturated heterocycles. The number of anilines is 3. The average molecular weight is 581 g/mol. The summed E-state index contributed by atoms with van der Waals surface area (Å²) >= 11 is 0. The van der Waals surface area contributed by atoms with Gasteiger partial charge in [-0.05, 0) is 97.7 Å². The Labute approximate surface area is 261 Å². The standard InChI is InChI=1S/C42H29FN2/c1-42(2)35-11-7-8-30-18-19-31-24-28(25-36(42)41(31)40(30)35)14-17-29-20-23-38(34-10-4-3-9-33(29)34)45(39-13-6-5-12-37(39)43)32-21-15-27(26-44)16-22-32/h3-25H,1-2H3. The van der Waals surface area contributed by atoms with E-state index in [1.54, 1.807) is 24.3 Å². The number of hydrogen-bond donors (Lipinski definition) is 0. The fraction of sp³-hybridized carbons (Fsp3) is 0.0714. The predicted molar refractivity (Wildman–Crippen MR) is 186 cm³/mol. The van der Waals surface area contributed by atoms with Gasteiger partial charge in [0.1, 0.15) is 5.82 Å². The maximum absolute atomic E-state index is 15.3. The SMILES string of the molecule is CC1(C)c2cccc3ccc4cc(C=Cc5ccc(N(c6ccc(C#N)cc6)c6ccccc6F)c6ccccc56)cc1c4c23. The maximum atomic E-state index is 15.3. The van der Waals surface area contributed by atoms with Crippen molar-refractivity contribution in [2.75, 3.05) is 4.90 Å². The second-order valence-electron chi connectivity index (χ2n) is 12.3. The van der Waals surface area contributed by atoms with Crippen molar-refractivity contribution in [3.63, 3.8) is 0 Å². The smallest absolute Gasteiger partial charge is 0.147 e. The molecule has 3 heteroatoms. The van der Waals surface area contributed by atoms with Crippen molar-refractivity contribution in [2.45, 2.75) is 19.3 Å². The van der Waals surface area contributed by atoms with Crippen molar-refractivity contribution in [3.05, 3.63) is 161 Å². The molecule has 0 N–H and O–H groups in total. The minimum Gasteiger partial charge on any atom is -0.307 e. The molecule has 0 atom stereocenters. The van der Waals surface area contributed by atoms with E-state index in [1.165, 1.54) is 38.7 Å². The highest BCUT2D eigenvalue weighted by Crippen LogP contribution is 2.49. The van der Waals surface area contributed by atoms with Crippen molar-refractivity contribution in [1.82, 2.24) is 0 Å². The fourth-order valence-electron chi connectivity index (χ4n) is 7.08. The van der Waals surface area contributed by atoms with Crippen LogP contribution in [0.25, 0.3) is 44.5 Å². The molecule has 0 aliphatic heterocycles. The van der Waals surface area contributed by atoms with Gasteiger partial charge in [0.2, 0.25) is 0 Å². The summed E-state index contributed by atoms with van der Waals surface area (Å²) in [6, 6.07) is 44.4. The molecule has 1 aliphatic carbocycles. The van der Waals surface area contributed by atoms with Crippen LogP contribution in [-0.4, -0.2) is 0 Å². The molecule has 8 rings (SSSR count). The zero-order valence-electron chi connectivity index (χ0n) is 25.1. The number of rotatable bonds is 5. The average Bonchev–Trinajstić information content (AvgIpc) is 3.31. The number of halogens is 1. The van der Waals surface area contributed by atoms with Crippen LogP contribution in [0.5, 0.6) is 0 Å². The summed E-state index contributed by atoms with van der Waals surface area (Å²) in [5.41, 5.74) is 7.58. The van der Waals surface area contributed by atoms with Crippen molar-refractivity contribution in [1.29, 1.82) is 5.26 Å². The molecule has 45 heavy (non-hydrogen) atoms. The van der Waals surface area contributed by atoms with Crippen molar-refractivity contribution in [2.24, 2.45) is 0 Å². The Kier molecular flexibility index (Phi) is 6.08. The molecule has 2 nitrogen and oxygen atoms in total. The van der Waals surface area contributed by atoms with Crippen LogP contribution in [-0.2, 0) is 5.41 Å². The van der Waals surface area contributed by atoms with Crippen LogP contribution in [0.4, 0.5) is 21.5 Å². The van der Waals surface area contributed by atoms with Crippen molar-refractivity contribution in [3.8, 4) is 6.07 Å². The van der Waals surface area contributed by atoms with Crippen molar-refractivity contribution >= 4 is 61.5 Å². The lowest BCUT2D eigenvalue weighted by Crippen LogP contribution is -2.15. The monoisotopic (exact) mass is 580 g/mol. The molecular formula is C42H29FN2. The quantitative estimate of drug-likeness (QED) is 0.150. The van der Waals surface area contributed by atoms with Gasteiger partial charge in [0.15, 0.2) is 0 Å². The molecule has 7 aromatic carbocycles. The molecule has 0 heterocycles. The molecule has 7 aromatic rings. The minimum atomic E-state index is -0.318. The molecule has 0 amide bonds. The lowest BCUT2D eigenvalue weighted by atomic mass is 9.81. The summed E-state index contributed by atoms with van der Waals surface area (Å²) in [4.78, 5) is 1.93. The first-order valence-electron chi connectivity index (χ1n) is 15.2. The van der Waals surface area contributed by atoms with Gasteiger partial charge in [-0.15, -0.1) is 0 Å². The van der Waals surface area contributed by atoms with Gasteiger partial charge in [0.05, 0.1) is 23.0 Å². The lowest BCUT2D eigenvalue weighted by molar-refractivity contribution is 0.629. The molecule has 0 radical (unpaired) electrons. The van der Waals surface area contributed by atoms with E-state index in [1.807, 2.05) is 35.2 Å². The van der Waals surface area contributed by atoms with Crippen LogP contribution in [0, 0.1) is 17.1 Å². The van der Waals surface area contributed by atoms with E-state index < -0.39 is 0 Å². The highest BCUT2D eigenvalue weighted by molar-refractivity contribution is 6.15. The third-order valence-corrected chi connectivity index (χ3v) is 9.31. The zero-order valence-corrected chi connectivity index (χ0v) is 25.1. The topological polar surface area (TPSA) is 27.0 Å². The van der Waals surface area contributed by atoms with Gasteiger partial charge in [0.25, 0.3) is 0 Å². The van der Waals surface area contributed by atoms with Gasteiger partial charge in [-0.1, -0.05) is 105 Å². The first-order valence-corrected chi connectivity index (χ1v) is 15.2. The molecule has 1 aliphatic rings. The molecule has 214 valence electrons. The lowest BCUT2D eigenvalue weighted by Gasteiger charge is -2.27. The van der Waals surface area contributed by atoms with Crippen molar-refractivity contribution < 1.29 is 4.39 Å². The number of fused-ring (bicyclic) bond motifs is 1. The van der Waals surface area contributed by atoms with Gasteiger partial charge in [-0.25, -0.2) is 4.39 Å². The van der Waals surface area contributed by atoms with Gasteiger partial charge < -0.3 is 4.90 Å². The molecule has 0 fully saturated rings. The Bertz CT molecular complexity index is 2380. The largest absolute Gasteiger partial charge is 0.307 e. The molecule has 0 unspecified atom stereocenters. The van der Waals surface area contributed by atoms with Gasteiger partial charge in [0, 0.05) is 16.5 Å². The van der Waals surface area contributed by atoms with Gasteiger partial charge in [-0.3, -0.25) is 0 Å². The summed E-state index contributed by atoms with van der Waals surface area (Å²) < 4.78 is 15.3. The molecule has 0 spiro atoms. The van der Waals surface area contributed by atoms with Crippen LogP contribution in [0.3, 0.4) is 0 Å². The number of nitriles is 1. The van der Waals surface area contributed by atoms with Crippen LogP contribution in [0.2, 0.25) is 0 Å². The highest BCUT2D eigenvalue weighted by atomic mass is 19.1. The van der Waals surface area contributed by atoms with E-state index in [4.69, 9.17) is 0 Å². The van der Waals surface area contributed by atoms with E-state index in [2.05, 4.69) is 98.8 Å². The van der Waals surface area contributed by atoms with E-state index in [9.17, 15) is 5.26 Å². The third kappa shape index (κ3) is 4.22. The summed E-state index contributed by atoms with van der Waals surface area (Å²) in [5.74, 6) is -0.318. The van der Waals surface area contributed by atoms with Crippen LogP contribution >= 0.6 is 0 Å². The Balaban J connectivity index is 1.25. The first-order chi connectivity index (χ1) is 21.9. The maximum Gasteiger partial charge on any atom is 0.147 e. The van der Waals surface area contributed by atoms with E-state index in [0.717, 1.165) is 33.3 Å². The summed E-state index contributed by atoms with van der Waals surface area (Å²) in [5, 5.41) is 16.8. The minimum absolute atomic E-state index is 0.0682. The Morgan fingerprint density at radius 1 is 0.644 bits per heavy atom. The Morgan fingerprint density at radius 2 is 1.38 bits per heavy atom. The Hall–Kier alpha value is -5.72. The van der Waals surface area contributed by atoms with Crippen LogP contribution < -0.4 is 4.90 Å². The summed E-state index contributed by atoms with van der Waals surface area (Å²) in [6.07, 6.45) is 4.39. The van der Waals surface area contributed by atoms with Gasteiger partial charge >= 0.3 is 0 Å². The molecule has 0 saturated carbocycles. The predicted octanol–water partition coefficient (Wildman–Crippen LogP) is 11.4.